The second-order valence-corrected chi connectivity index (χ2v) is 6.42. The topological polar surface area (TPSA) is 71.0 Å². The van der Waals surface area contributed by atoms with E-state index in [0.29, 0.717) is 18.8 Å². The Morgan fingerprint density at radius 2 is 1.76 bits per heavy atom. The quantitative estimate of drug-likeness (QED) is 0.850. The molecule has 3 rings (SSSR count). The minimum atomic E-state index is -0.320. The lowest BCUT2D eigenvalue weighted by atomic mass is 10.1. The van der Waals surface area contributed by atoms with Crippen LogP contribution >= 0.6 is 0 Å². The monoisotopic (exact) mass is 338 g/mol. The van der Waals surface area contributed by atoms with Crippen molar-refractivity contribution in [3.8, 4) is 6.07 Å². The van der Waals surface area contributed by atoms with Crippen LogP contribution < -0.4 is 16.1 Å². The van der Waals surface area contributed by atoms with Gasteiger partial charge >= 0.3 is 5.69 Å². The summed E-state index contributed by atoms with van der Waals surface area (Å²) in [7, 11) is 1.50. The van der Waals surface area contributed by atoms with Gasteiger partial charge < -0.3 is 4.90 Å². The van der Waals surface area contributed by atoms with Gasteiger partial charge in [-0.1, -0.05) is 24.3 Å². The van der Waals surface area contributed by atoms with Crippen LogP contribution in [0.3, 0.4) is 0 Å². The molecule has 130 valence electrons. The maximum atomic E-state index is 12.8. The highest BCUT2D eigenvalue weighted by atomic mass is 16.2. The number of nitrogens with zero attached hydrogens (tertiary/aromatic N) is 4. The molecule has 1 saturated heterocycles. The van der Waals surface area contributed by atoms with Crippen LogP contribution in [0.1, 0.15) is 30.4 Å². The van der Waals surface area contributed by atoms with Crippen molar-refractivity contribution in [1.82, 2.24) is 9.13 Å². The molecule has 2 heterocycles. The third kappa shape index (κ3) is 3.50. The van der Waals surface area contributed by atoms with Crippen LogP contribution in [0.4, 0.5) is 5.82 Å². The summed E-state index contributed by atoms with van der Waals surface area (Å²) in [4.78, 5) is 27.0. The summed E-state index contributed by atoms with van der Waals surface area (Å²) in [6, 6.07) is 11.4. The van der Waals surface area contributed by atoms with E-state index in [1.165, 1.54) is 13.5 Å². The molecule has 25 heavy (non-hydrogen) atoms. The Morgan fingerprint density at radius 3 is 2.44 bits per heavy atom. The van der Waals surface area contributed by atoms with Crippen LogP contribution in [-0.4, -0.2) is 22.2 Å². The second-order valence-electron chi connectivity index (χ2n) is 6.42. The van der Waals surface area contributed by atoms with Crippen LogP contribution in [-0.2, 0) is 20.0 Å². The molecular formula is C19H22N4O2. The number of benzene rings is 1. The highest BCUT2D eigenvalue weighted by molar-refractivity contribution is 5.40. The molecule has 1 fully saturated rings. The number of aromatic nitrogens is 2. The van der Waals surface area contributed by atoms with Crippen molar-refractivity contribution in [3.05, 3.63) is 62.3 Å². The fraction of sp³-hybridized carbons (Fsp3) is 0.421. The molecule has 0 radical (unpaired) electrons. The van der Waals surface area contributed by atoms with Gasteiger partial charge in [-0.2, -0.15) is 5.26 Å². The van der Waals surface area contributed by atoms with Crippen molar-refractivity contribution in [2.75, 3.05) is 18.0 Å². The van der Waals surface area contributed by atoms with Gasteiger partial charge in [0.2, 0.25) is 0 Å². The molecule has 2 aromatic rings. The Labute approximate surface area is 146 Å². The van der Waals surface area contributed by atoms with E-state index < -0.39 is 0 Å². The van der Waals surface area contributed by atoms with Gasteiger partial charge in [0.25, 0.3) is 5.56 Å². The third-order valence-electron chi connectivity index (χ3n) is 4.77. The largest absolute Gasteiger partial charge is 0.358 e. The standard InChI is InChI=1S/C19H22N4O2/c1-21-18(24)13-17(22-11-5-2-6-12-22)23(19(21)25)14-16-8-4-3-7-15(16)9-10-20/h3-4,7-8,13H,2,5-6,9,11-12,14H2,1H3. The van der Waals surface area contributed by atoms with Crippen LogP contribution in [0, 0.1) is 11.3 Å². The zero-order chi connectivity index (χ0) is 17.8. The van der Waals surface area contributed by atoms with E-state index in [1.54, 1.807) is 10.6 Å². The fourth-order valence-corrected chi connectivity index (χ4v) is 3.33. The maximum absolute atomic E-state index is 12.8. The molecular weight excluding hydrogens is 316 g/mol. The average molecular weight is 338 g/mol. The lowest BCUT2D eigenvalue weighted by molar-refractivity contribution is 0.547. The molecule has 1 aliphatic rings. The van der Waals surface area contributed by atoms with Gasteiger partial charge in [0.15, 0.2) is 0 Å². The van der Waals surface area contributed by atoms with Gasteiger partial charge in [0.1, 0.15) is 5.82 Å². The van der Waals surface area contributed by atoms with Crippen molar-refractivity contribution in [3.63, 3.8) is 0 Å². The van der Waals surface area contributed by atoms with Crippen molar-refractivity contribution in [1.29, 1.82) is 5.26 Å². The molecule has 0 bridgehead atoms. The van der Waals surface area contributed by atoms with E-state index in [4.69, 9.17) is 5.26 Å². The Balaban J connectivity index is 2.09. The summed E-state index contributed by atoms with van der Waals surface area (Å²) in [6.45, 7) is 2.07. The van der Waals surface area contributed by atoms with Gasteiger partial charge in [-0.25, -0.2) is 4.79 Å². The summed E-state index contributed by atoms with van der Waals surface area (Å²) < 4.78 is 2.79. The predicted molar refractivity (Wildman–Crippen MR) is 96.9 cm³/mol. The first-order chi connectivity index (χ1) is 12.1. The van der Waals surface area contributed by atoms with Crippen LogP contribution in [0.2, 0.25) is 0 Å². The zero-order valence-corrected chi connectivity index (χ0v) is 14.4. The van der Waals surface area contributed by atoms with E-state index >= 15 is 0 Å². The first-order valence-electron chi connectivity index (χ1n) is 8.61. The minimum absolute atomic E-state index is 0.285. The fourth-order valence-electron chi connectivity index (χ4n) is 3.33. The normalized spacial score (nSPS) is 14.3. The van der Waals surface area contributed by atoms with E-state index in [2.05, 4.69) is 11.0 Å². The molecule has 1 aromatic heterocycles. The second kappa shape index (κ2) is 7.39. The Morgan fingerprint density at radius 1 is 1.08 bits per heavy atom. The molecule has 1 aromatic carbocycles. The predicted octanol–water partition coefficient (Wildman–Crippen LogP) is 1.65. The van der Waals surface area contributed by atoms with Gasteiger partial charge in [0.05, 0.1) is 19.0 Å². The van der Waals surface area contributed by atoms with Crippen molar-refractivity contribution in [2.24, 2.45) is 7.05 Å². The number of nitriles is 1. The van der Waals surface area contributed by atoms with E-state index in [-0.39, 0.29) is 11.2 Å². The lowest BCUT2D eigenvalue weighted by Crippen LogP contribution is -2.43. The Hall–Kier alpha value is -2.81. The molecule has 0 aliphatic carbocycles. The number of anilines is 1. The van der Waals surface area contributed by atoms with Crippen LogP contribution in [0.5, 0.6) is 0 Å². The van der Waals surface area contributed by atoms with Crippen LogP contribution in [0.25, 0.3) is 0 Å². The van der Waals surface area contributed by atoms with Crippen molar-refractivity contribution >= 4 is 5.82 Å². The van der Waals surface area contributed by atoms with Gasteiger partial charge in [-0.3, -0.25) is 13.9 Å². The molecule has 0 unspecified atom stereocenters. The number of hydrogen-bond acceptors (Lipinski definition) is 4. The molecule has 0 spiro atoms. The summed E-state index contributed by atoms with van der Waals surface area (Å²) >= 11 is 0. The van der Waals surface area contributed by atoms with Gasteiger partial charge in [-0.15, -0.1) is 0 Å². The smallest absolute Gasteiger partial charge is 0.332 e. The molecule has 6 nitrogen and oxygen atoms in total. The third-order valence-corrected chi connectivity index (χ3v) is 4.77. The van der Waals surface area contributed by atoms with Crippen molar-refractivity contribution < 1.29 is 0 Å². The molecule has 0 N–H and O–H groups in total. The zero-order valence-electron chi connectivity index (χ0n) is 14.4. The number of rotatable bonds is 4. The first kappa shape index (κ1) is 17.0. The summed E-state index contributed by atoms with van der Waals surface area (Å²) in [5.74, 6) is 0.680. The Kier molecular flexibility index (Phi) is 5.03. The van der Waals surface area contributed by atoms with Crippen LogP contribution in [0.15, 0.2) is 39.9 Å². The number of hydrogen-bond donors (Lipinski definition) is 0. The lowest BCUT2D eigenvalue weighted by Gasteiger charge is -2.31. The molecule has 6 heteroatoms. The highest BCUT2D eigenvalue weighted by Gasteiger charge is 2.18. The highest BCUT2D eigenvalue weighted by Crippen LogP contribution is 2.19. The van der Waals surface area contributed by atoms with Crippen molar-refractivity contribution in [2.45, 2.75) is 32.2 Å². The number of piperidine rings is 1. The van der Waals surface area contributed by atoms with E-state index in [9.17, 15) is 9.59 Å². The summed E-state index contributed by atoms with van der Waals surface area (Å²) in [5.41, 5.74) is 1.24. The molecule has 1 aliphatic heterocycles. The van der Waals surface area contributed by atoms with Gasteiger partial charge in [0, 0.05) is 26.2 Å². The minimum Gasteiger partial charge on any atom is -0.358 e. The van der Waals surface area contributed by atoms with E-state index in [0.717, 1.165) is 41.6 Å². The molecule has 0 amide bonds. The summed E-state index contributed by atoms with van der Waals surface area (Å²) in [6.07, 6.45) is 3.61. The first-order valence-corrected chi connectivity index (χ1v) is 8.61. The maximum Gasteiger partial charge on any atom is 0.332 e. The van der Waals surface area contributed by atoms with Gasteiger partial charge in [-0.05, 0) is 30.4 Å². The van der Waals surface area contributed by atoms with E-state index in [1.807, 2.05) is 24.3 Å². The molecule has 0 saturated carbocycles. The molecule has 0 atom stereocenters. The SMILES string of the molecule is Cn1c(=O)cc(N2CCCCC2)n(Cc2ccccc2CC#N)c1=O. The summed E-state index contributed by atoms with van der Waals surface area (Å²) in [5, 5.41) is 9.03. The average Bonchev–Trinajstić information content (AvgIpc) is 2.64. The Bertz CT molecular complexity index is 914.